The standard InChI is InChI=1S/C19H12F2N4O2S/c20-12-6-5-10(7-13(12)21)24-8-22-19-25(9-24)18(27)16(28-19)15-11-3-1-2-4-14(11)23-17(15)26/h1-7H,8-9H2,(H,23,26). The third kappa shape index (κ3) is 2.47. The van der Waals surface area contributed by atoms with Gasteiger partial charge >= 0.3 is 0 Å². The van der Waals surface area contributed by atoms with Crippen LogP contribution in [-0.2, 0) is 11.5 Å². The maximum absolute atomic E-state index is 13.6. The highest BCUT2D eigenvalue weighted by Gasteiger charge is 2.27. The van der Waals surface area contributed by atoms with Gasteiger partial charge in [0, 0.05) is 23.0 Å². The van der Waals surface area contributed by atoms with E-state index in [1.165, 1.54) is 10.6 Å². The zero-order chi connectivity index (χ0) is 19.4. The summed E-state index contributed by atoms with van der Waals surface area (Å²) in [5.74, 6) is -2.22. The van der Waals surface area contributed by atoms with Crippen molar-refractivity contribution in [3.05, 3.63) is 79.4 Å². The lowest BCUT2D eigenvalue weighted by atomic mass is 10.1. The second-order valence-electron chi connectivity index (χ2n) is 6.40. The first-order chi connectivity index (χ1) is 13.5. The molecular formula is C19H12F2N4O2S. The molecule has 1 aromatic heterocycles. The first-order valence-electron chi connectivity index (χ1n) is 8.42. The minimum atomic E-state index is -0.962. The molecule has 0 unspecified atom stereocenters. The Morgan fingerprint density at radius 3 is 2.71 bits per heavy atom. The summed E-state index contributed by atoms with van der Waals surface area (Å²) in [6, 6.07) is 10.7. The van der Waals surface area contributed by atoms with Crippen LogP contribution in [0, 0.1) is 11.6 Å². The molecule has 28 heavy (non-hydrogen) atoms. The number of aromatic nitrogens is 1. The lowest BCUT2D eigenvalue weighted by molar-refractivity contribution is -0.110. The molecule has 140 valence electrons. The van der Waals surface area contributed by atoms with Crippen LogP contribution in [0.4, 0.5) is 20.2 Å². The van der Waals surface area contributed by atoms with Crippen molar-refractivity contribution in [3.8, 4) is 0 Å². The fourth-order valence-corrected chi connectivity index (χ4v) is 4.41. The summed E-state index contributed by atoms with van der Waals surface area (Å²) in [5.41, 5.74) is 1.77. The molecule has 2 aliphatic rings. The molecule has 6 nitrogen and oxygen atoms in total. The predicted octanol–water partition coefficient (Wildman–Crippen LogP) is 1.39. The van der Waals surface area contributed by atoms with Crippen molar-refractivity contribution in [2.75, 3.05) is 16.9 Å². The van der Waals surface area contributed by atoms with Crippen LogP contribution < -0.4 is 25.1 Å². The SMILES string of the molecule is O=C1Nc2ccccc2C1=c1sc2n(c1=O)CN(c1ccc(F)c(F)c1)CN=2. The summed E-state index contributed by atoms with van der Waals surface area (Å²) in [6.45, 7) is 0.332. The normalized spacial score (nSPS) is 17.1. The van der Waals surface area contributed by atoms with E-state index < -0.39 is 11.6 Å². The maximum Gasteiger partial charge on any atom is 0.272 e. The average molecular weight is 398 g/mol. The van der Waals surface area contributed by atoms with Gasteiger partial charge in [0.25, 0.3) is 11.5 Å². The van der Waals surface area contributed by atoms with Crippen LogP contribution in [0.15, 0.2) is 52.3 Å². The van der Waals surface area contributed by atoms with Gasteiger partial charge in [-0.1, -0.05) is 29.5 Å². The number of rotatable bonds is 1. The molecule has 0 aliphatic carbocycles. The Bertz CT molecular complexity index is 1330. The second kappa shape index (κ2) is 6.10. The molecule has 1 N–H and O–H groups in total. The molecule has 5 rings (SSSR count). The molecule has 0 saturated heterocycles. The molecule has 0 radical (unpaired) electrons. The number of thiazole rings is 1. The van der Waals surface area contributed by atoms with Crippen LogP contribution in [0.1, 0.15) is 5.56 Å². The molecule has 0 spiro atoms. The van der Waals surface area contributed by atoms with Crippen molar-refractivity contribution in [1.82, 2.24) is 4.57 Å². The monoisotopic (exact) mass is 398 g/mol. The van der Waals surface area contributed by atoms with Crippen LogP contribution >= 0.6 is 11.3 Å². The lowest BCUT2D eigenvalue weighted by Gasteiger charge is -2.25. The highest BCUT2D eigenvalue weighted by atomic mass is 32.1. The molecule has 1 amide bonds. The highest BCUT2D eigenvalue weighted by Crippen LogP contribution is 2.29. The Morgan fingerprint density at radius 1 is 1.07 bits per heavy atom. The number of amides is 1. The predicted molar refractivity (Wildman–Crippen MR) is 101 cm³/mol. The third-order valence-electron chi connectivity index (χ3n) is 4.72. The summed E-state index contributed by atoms with van der Waals surface area (Å²) in [4.78, 5) is 32.0. The number of halogens is 2. The highest BCUT2D eigenvalue weighted by molar-refractivity contribution is 7.07. The molecule has 2 aromatic carbocycles. The maximum atomic E-state index is 13.6. The van der Waals surface area contributed by atoms with Crippen molar-refractivity contribution in [2.24, 2.45) is 4.99 Å². The fraction of sp³-hybridized carbons (Fsp3) is 0.105. The Balaban J connectivity index is 1.63. The summed E-state index contributed by atoms with van der Waals surface area (Å²) < 4.78 is 28.5. The van der Waals surface area contributed by atoms with Crippen LogP contribution in [0.3, 0.4) is 0 Å². The van der Waals surface area contributed by atoms with Gasteiger partial charge < -0.3 is 10.2 Å². The smallest absolute Gasteiger partial charge is 0.272 e. The van der Waals surface area contributed by atoms with E-state index in [1.54, 1.807) is 23.1 Å². The van der Waals surface area contributed by atoms with E-state index in [1.807, 2.05) is 6.07 Å². The van der Waals surface area contributed by atoms with Crippen molar-refractivity contribution in [1.29, 1.82) is 0 Å². The van der Waals surface area contributed by atoms with Crippen molar-refractivity contribution >= 4 is 34.2 Å². The van der Waals surface area contributed by atoms with Gasteiger partial charge in [-0.05, 0) is 18.2 Å². The third-order valence-corrected chi connectivity index (χ3v) is 5.83. The molecule has 3 aromatic rings. The van der Waals surface area contributed by atoms with Crippen molar-refractivity contribution in [2.45, 2.75) is 6.67 Å². The Kier molecular flexibility index (Phi) is 3.66. The van der Waals surface area contributed by atoms with E-state index in [2.05, 4.69) is 10.3 Å². The van der Waals surface area contributed by atoms with Crippen LogP contribution in [0.5, 0.6) is 0 Å². The number of hydrogen-bond donors (Lipinski definition) is 1. The molecule has 9 heteroatoms. The number of nitrogens with zero attached hydrogens (tertiary/aromatic N) is 3. The second-order valence-corrected chi connectivity index (χ2v) is 7.38. The number of para-hydroxylation sites is 1. The van der Waals surface area contributed by atoms with Gasteiger partial charge in [-0.25, -0.2) is 13.8 Å². The molecule has 2 aliphatic heterocycles. The van der Waals surface area contributed by atoms with E-state index >= 15 is 0 Å². The summed E-state index contributed by atoms with van der Waals surface area (Å²) >= 11 is 1.15. The number of benzene rings is 2. The quantitative estimate of drug-likeness (QED) is 0.674. The van der Waals surface area contributed by atoms with Gasteiger partial charge in [0.05, 0.1) is 5.57 Å². The average Bonchev–Trinajstić information content (AvgIpc) is 3.19. The zero-order valence-electron chi connectivity index (χ0n) is 14.3. The van der Waals surface area contributed by atoms with Gasteiger partial charge in [-0.3, -0.25) is 14.2 Å². The van der Waals surface area contributed by atoms with E-state index in [4.69, 9.17) is 0 Å². The van der Waals surface area contributed by atoms with Gasteiger partial charge in [0.1, 0.15) is 17.9 Å². The van der Waals surface area contributed by atoms with Crippen molar-refractivity contribution < 1.29 is 13.6 Å². The van der Waals surface area contributed by atoms with Gasteiger partial charge in [0.2, 0.25) is 0 Å². The number of carbonyl (C=O) groups is 1. The zero-order valence-corrected chi connectivity index (χ0v) is 15.1. The summed E-state index contributed by atoms with van der Waals surface area (Å²) in [7, 11) is 0. The Hall–Kier alpha value is -3.33. The number of anilines is 2. The molecule has 0 saturated carbocycles. The van der Waals surface area contributed by atoms with Crippen molar-refractivity contribution in [3.63, 3.8) is 0 Å². The Labute approximate surface area is 160 Å². The number of hydrogen-bond acceptors (Lipinski definition) is 5. The largest absolute Gasteiger partial charge is 0.333 e. The fourth-order valence-electron chi connectivity index (χ4n) is 3.35. The number of carbonyl (C=O) groups excluding carboxylic acids is 1. The lowest BCUT2D eigenvalue weighted by Crippen LogP contribution is -2.43. The van der Waals surface area contributed by atoms with E-state index in [0.717, 1.165) is 23.5 Å². The minimum Gasteiger partial charge on any atom is -0.333 e. The molecule has 0 bridgehead atoms. The van der Waals surface area contributed by atoms with Gasteiger partial charge in [-0.15, -0.1) is 0 Å². The summed E-state index contributed by atoms with van der Waals surface area (Å²) in [6.07, 6.45) is 0. The van der Waals surface area contributed by atoms with E-state index in [-0.39, 0.29) is 24.8 Å². The van der Waals surface area contributed by atoms with E-state index in [0.29, 0.717) is 31.8 Å². The Morgan fingerprint density at radius 2 is 1.89 bits per heavy atom. The first-order valence-corrected chi connectivity index (χ1v) is 9.24. The van der Waals surface area contributed by atoms with Crippen LogP contribution in [-0.4, -0.2) is 17.1 Å². The number of nitrogens with one attached hydrogen (secondary N) is 1. The summed E-state index contributed by atoms with van der Waals surface area (Å²) in [5, 5.41) is 2.76. The minimum absolute atomic E-state index is 0.135. The molecule has 3 heterocycles. The topological polar surface area (TPSA) is 66.7 Å². The van der Waals surface area contributed by atoms with E-state index in [9.17, 15) is 18.4 Å². The molecule has 0 fully saturated rings. The van der Waals surface area contributed by atoms with Crippen LogP contribution in [0.25, 0.3) is 5.57 Å². The number of fused-ring (bicyclic) bond motifs is 2. The van der Waals surface area contributed by atoms with Gasteiger partial charge in [0.15, 0.2) is 16.4 Å². The van der Waals surface area contributed by atoms with Crippen LogP contribution in [0.2, 0.25) is 0 Å². The molecule has 0 atom stereocenters. The first kappa shape index (κ1) is 16.8. The molecular weight excluding hydrogens is 386 g/mol. The van der Waals surface area contributed by atoms with Gasteiger partial charge in [-0.2, -0.15) is 0 Å².